The molecular formula is C4H4N3OS2. The molecule has 0 aromatic carbocycles. The van der Waals surface area contributed by atoms with E-state index in [1.54, 1.807) is 0 Å². The molecule has 4 nitrogen and oxygen atoms in total. The summed E-state index contributed by atoms with van der Waals surface area (Å²) in [7, 11) is 0. The minimum absolute atomic E-state index is 0.162. The van der Waals surface area contributed by atoms with Crippen molar-refractivity contribution < 1.29 is 4.79 Å². The van der Waals surface area contributed by atoms with E-state index in [1.807, 2.05) is 0 Å². The van der Waals surface area contributed by atoms with Gasteiger partial charge in [-0.2, -0.15) is 4.37 Å². The summed E-state index contributed by atoms with van der Waals surface area (Å²) in [5.41, 5.74) is 6.58. The van der Waals surface area contributed by atoms with E-state index in [9.17, 15) is 4.79 Å². The summed E-state index contributed by atoms with van der Waals surface area (Å²) in [6.45, 7) is 0. The van der Waals surface area contributed by atoms with Crippen LogP contribution in [-0.2, 0) is 4.79 Å². The van der Waals surface area contributed by atoms with Gasteiger partial charge in [-0.15, -0.1) is 0 Å². The molecule has 0 unspecified atom stereocenters. The molecule has 1 heterocycles. The maximum atomic E-state index is 10.1. The van der Waals surface area contributed by atoms with E-state index in [0.717, 1.165) is 4.34 Å². The van der Waals surface area contributed by atoms with Gasteiger partial charge in [0.05, 0.1) is 5.75 Å². The monoisotopic (exact) mass is 174 g/mol. The molecule has 1 rings (SSSR count). The first-order chi connectivity index (χ1) is 4.79. The molecule has 1 amide bonds. The minimum atomic E-state index is -0.583. The van der Waals surface area contributed by atoms with Crippen LogP contribution in [0.15, 0.2) is 10.7 Å². The molecule has 0 fully saturated rings. The molecule has 6 heteroatoms. The Morgan fingerprint density at radius 1 is 1.90 bits per heavy atom. The summed E-state index contributed by atoms with van der Waals surface area (Å²) in [5.74, 6) is -0.421. The number of carbonyl (C=O) groups is 1. The van der Waals surface area contributed by atoms with Crippen molar-refractivity contribution in [1.82, 2.24) is 15.1 Å². The SMILES string of the molecule is [NH]C(=O)CSc1ncns1. The van der Waals surface area contributed by atoms with Crippen LogP contribution < -0.4 is 5.73 Å². The van der Waals surface area contributed by atoms with Crippen LogP contribution in [0.1, 0.15) is 0 Å². The van der Waals surface area contributed by atoms with Crippen LogP contribution in [0.2, 0.25) is 0 Å². The first kappa shape index (κ1) is 7.49. The maximum absolute atomic E-state index is 10.1. The van der Waals surface area contributed by atoms with E-state index in [2.05, 4.69) is 9.36 Å². The second-order valence-corrected chi connectivity index (χ2v) is 3.42. The summed E-state index contributed by atoms with van der Waals surface area (Å²) in [5, 5.41) is 0. The maximum Gasteiger partial charge on any atom is 0.248 e. The first-order valence-electron chi connectivity index (χ1n) is 2.43. The predicted octanol–water partition coefficient (Wildman–Crippen LogP) is 0.440. The number of amides is 1. The molecule has 0 aliphatic heterocycles. The van der Waals surface area contributed by atoms with Gasteiger partial charge in [0.2, 0.25) is 5.91 Å². The van der Waals surface area contributed by atoms with Gasteiger partial charge in [-0.1, -0.05) is 11.8 Å². The Bertz CT molecular complexity index is 210. The second kappa shape index (κ2) is 3.52. The number of nitrogens with one attached hydrogen (secondary N) is 1. The summed E-state index contributed by atoms with van der Waals surface area (Å²) >= 11 is 2.47. The molecule has 0 saturated carbocycles. The quantitative estimate of drug-likeness (QED) is 0.623. The second-order valence-electron chi connectivity index (χ2n) is 1.42. The van der Waals surface area contributed by atoms with Crippen LogP contribution in [0.25, 0.3) is 0 Å². The third-order valence-electron chi connectivity index (χ3n) is 0.668. The Morgan fingerprint density at radius 3 is 3.20 bits per heavy atom. The van der Waals surface area contributed by atoms with Crippen molar-refractivity contribution >= 4 is 29.2 Å². The van der Waals surface area contributed by atoms with E-state index in [-0.39, 0.29) is 5.75 Å². The number of nitrogens with zero attached hydrogens (tertiary/aromatic N) is 2. The van der Waals surface area contributed by atoms with Gasteiger partial charge in [-0.05, 0) is 11.5 Å². The molecule has 0 spiro atoms. The predicted molar refractivity (Wildman–Crippen MR) is 38.7 cm³/mol. The van der Waals surface area contributed by atoms with Crippen molar-refractivity contribution in [2.24, 2.45) is 0 Å². The Kier molecular flexibility index (Phi) is 2.64. The zero-order valence-corrected chi connectivity index (χ0v) is 6.54. The molecule has 0 aliphatic rings. The van der Waals surface area contributed by atoms with Crippen LogP contribution in [-0.4, -0.2) is 21.0 Å². The summed E-state index contributed by atoms with van der Waals surface area (Å²) in [6.07, 6.45) is 1.43. The molecule has 1 radical (unpaired) electrons. The molecule has 0 saturated heterocycles. The van der Waals surface area contributed by atoms with Gasteiger partial charge in [-0.25, -0.2) is 4.98 Å². The van der Waals surface area contributed by atoms with Gasteiger partial charge in [-0.3, -0.25) is 10.5 Å². The average Bonchev–Trinajstić information content (AvgIpc) is 2.34. The van der Waals surface area contributed by atoms with Crippen molar-refractivity contribution in [2.45, 2.75) is 4.34 Å². The average molecular weight is 174 g/mol. The standard InChI is InChI=1S/C4H4N3OS2/c5-3(8)1-9-4-6-2-7-10-4/h2,5H,1H2. The molecule has 1 N–H and O–H groups in total. The zero-order valence-electron chi connectivity index (χ0n) is 4.90. The van der Waals surface area contributed by atoms with Crippen molar-refractivity contribution in [3.05, 3.63) is 6.33 Å². The molecule has 0 bridgehead atoms. The topological polar surface area (TPSA) is 66.7 Å². The number of rotatable bonds is 3. The van der Waals surface area contributed by atoms with Crippen LogP contribution in [0.4, 0.5) is 0 Å². The zero-order chi connectivity index (χ0) is 7.40. The highest BCUT2D eigenvalue weighted by Gasteiger charge is 1.99. The first-order valence-corrected chi connectivity index (χ1v) is 4.19. The smallest absolute Gasteiger partial charge is 0.248 e. The molecule has 0 aliphatic carbocycles. The van der Waals surface area contributed by atoms with E-state index in [4.69, 9.17) is 5.73 Å². The number of carbonyl (C=O) groups excluding carboxylic acids is 1. The highest BCUT2D eigenvalue weighted by atomic mass is 32.2. The van der Waals surface area contributed by atoms with E-state index in [1.165, 1.54) is 29.6 Å². The van der Waals surface area contributed by atoms with Gasteiger partial charge in [0.1, 0.15) is 6.33 Å². The highest BCUT2D eigenvalue weighted by molar-refractivity contribution is 8.01. The molecule has 0 atom stereocenters. The van der Waals surface area contributed by atoms with Gasteiger partial charge in [0.15, 0.2) is 4.34 Å². The van der Waals surface area contributed by atoms with Crippen molar-refractivity contribution in [3.63, 3.8) is 0 Å². The Hall–Kier alpha value is -0.620. The molecule has 1 aromatic rings. The highest BCUT2D eigenvalue weighted by Crippen LogP contribution is 2.16. The summed E-state index contributed by atoms with van der Waals surface area (Å²) in [4.78, 5) is 14.0. The van der Waals surface area contributed by atoms with Crippen LogP contribution in [0, 0.1) is 0 Å². The summed E-state index contributed by atoms with van der Waals surface area (Å²) < 4.78 is 4.47. The van der Waals surface area contributed by atoms with Crippen molar-refractivity contribution in [2.75, 3.05) is 5.75 Å². The van der Waals surface area contributed by atoms with Crippen LogP contribution >= 0.6 is 23.3 Å². The van der Waals surface area contributed by atoms with Gasteiger partial charge in [0.25, 0.3) is 0 Å². The fraction of sp³-hybridized carbons (Fsp3) is 0.250. The Balaban J connectivity index is 2.35. The third-order valence-corrected chi connectivity index (χ3v) is 2.47. The van der Waals surface area contributed by atoms with E-state index >= 15 is 0 Å². The normalized spacial score (nSPS) is 9.60. The van der Waals surface area contributed by atoms with Gasteiger partial charge < -0.3 is 0 Å². The Labute approximate surface area is 66.0 Å². The van der Waals surface area contributed by atoms with Gasteiger partial charge in [0, 0.05) is 0 Å². The van der Waals surface area contributed by atoms with Crippen molar-refractivity contribution in [1.29, 1.82) is 0 Å². The van der Waals surface area contributed by atoms with Crippen LogP contribution in [0.5, 0.6) is 0 Å². The lowest BCUT2D eigenvalue weighted by Gasteiger charge is -1.87. The number of hydrogen-bond donors (Lipinski definition) is 0. The van der Waals surface area contributed by atoms with E-state index < -0.39 is 5.91 Å². The fourth-order valence-corrected chi connectivity index (χ4v) is 1.53. The lowest BCUT2D eigenvalue weighted by atomic mass is 10.8. The summed E-state index contributed by atoms with van der Waals surface area (Å²) in [6, 6.07) is 0. The Morgan fingerprint density at radius 2 is 2.70 bits per heavy atom. The molecular weight excluding hydrogens is 170 g/mol. The van der Waals surface area contributed by atoms with E-state index in [0.29, 0.717) is 0 Å². The fourth-order valence-electron chi connectivity index (χ4n) is 0.354. The van der Waals surface area contributed by atoms with Crippen molar-refractivity contribution in [3.8, 4) is 0 Å². The number of aromatic nitrogens is 2. The van der Waals surface area contributed by atoms with Gasteiger partial charge >= 0.3 is 0 Å². The van der Waals surface area contributed by atoms with Crippen LogP contribution in [0.3, 0.4) is 0 Å². The molecule has 1 aromatic heterocycles. The lowest BCUT2D eigenvalue weighted by Crippen LogP contribution is -1.99. The number of thioether (sulfide) groups is 1. The molecule has 53 valence electrons. The molecule has 10 heavy (non-hydrogen) atoms. The lowest BCUT2D eigenvalue weighted by molar-refractivity contribution is -0.116. The largest absolute Gasteiger partial charge is 0.272 e. The minimum Gasteiger partial charge on any atom is -0.272 e. The third kappa shape index (κ3) is 2.32. The number of hydrogen-bond acceptors (Lipinski definition) is 5.